The van der Waals surface area contributed by atoms with E-state index in [4.69, 9.17) is 14.2 Å². The highest BCUT2D eigenvalue weighted by atomic mass is 16.6. The van der Waals surface area contributed by atoms with E-state index in [9.17, 15) is 4.79 Å². The van der Waals surface area contributed by atoms with Crippen LogP contribution in [0.4, 0.5) is 4.79 Å². The van der Waals surface area contributed by atoms with Crippen LogP contribution in [0.1, 0.15) is 33.6 Å². The van der Waals surface area contributed by atoms with Gasteiger partial charge in [-0.1, -0.05) is 0 Å². The molecule has 1 aliphatic rings. The Labute approximate surface area is 132 Å². The topological polar surface area (TPSA) is 48.0 Å². The van der Waals surface area contributed by atoms with Crippen molar-refractivity contribution in [3.05, 3.63) is 24.3 Å². The number of benzene rings is 1. The van der Waals surface area contributed by atoms with Crippen LogP contribution >= 0.6 is 0 Å². The SMILES string of the molecule is COc1ccc(OC[C@@H]2CCCN2C(=O)OC(C)(C)C)cc1. The maximum atomic E-state index is 12.2. The maximum Gasteiger partial charge on any atom is 0.410 e. The zero-order valence-corrected chi connectivity index (χ0v) is 13.8. The number of hydrogen-bond acceptors (Lipinski definition) is 4. The van der Waals surface area contributed by atoms with Gasteiger partial charge in [0.05, 0.1) is 13.2 Å². The van der Waals surface area contributed by atoms with Gasteiger partial charge in [-0.2, -0.15) is 0 Å². The van der Waals surface area contributed by atoms with E-state index in [1.807, 2.05) is 45.0 Å². The number of carbonyl (C=O) groups excluding carboxylic acids is 1. The minimum atomic E-state index is -0.471. The molecule has 1 atom stereocenters. The van der Waals surface area contributed by atoms with E-state index in [2.05, 4.69) is 0 Å². The van der Waals surface area contributed by atoms with Gasteiger partial charge in [0.25, 0.3) is 0 Å². The van der Waals surface area contributed by atoms with Gasteiger partial charge in [0.2, 0.25) is 0 Å². The number of rotatable bonds is 4. The predicted molar refractivity (Wildman–Crippen MR) is 84.5 cm³/mol. The largest absolute Gasteiger partial charge is 0.497 e. The first-order valence-electron chi connectivity index (χ1n) is 7.65. The van der Waals surface area contributed by atoms with Crippen molar-refractivity contribution in [2.75, 3.05) is 20.3 Å². The Kier molecular flexibility index (Phi) is 5.16. The molecule has 1 aromatic rings. The van der Waals surface area contributed by atoms with E-state index in [-0.39, 0.29) is 12.1 Å². The summed E-state index contributed by atoms with van der Waals surface area (Å²) in [6.07, 6.45) is 1.67. The minimum absolute atomic E-state index is 0.0666. The van der Waals surface area contributed by atoms with Crippen molar-refractivity contribution in [3.8, 4) is 11.5 Å². The average Bonchev–Trinajstić information content (AvgIpc) is 2.92. The number of nitrogens with zero attached hydrogens (tertiary/aromatic N) is 1. The molecule has 0 saturated carbocycles. The average molecular weight is 307 g/mol. The molecule has 0 unspecified atom stereocenters. The summed E-state index contributed by atoms with van der Waals surface area (Å²) in [5.41, 5.74) is -0.471. The number of ether oxygens (including phenoxy) is 3. The first kappa shape index (κ1) is 16.5. The molecule has 0 N–H and O–H groups in total. The minimum Gasteiger partial charge on any atom is -0.497 e. The van der Waals surface area contributed by atoms with Crippen molar-refractivity contribution in [3.63, 3.8) is 0 Å². The summed E-state index contributed by atoms with van der Waals surface area (Å²) in [5, 5.41) is 0. The first-order chi connectivity index (χ1) is 10.4. The molecule has 122 valence electrons. The lowest BCUT2D eigenvalue weighted by Crippen LogP contribution is -2.42. The molecule has 1 saturated heterocycles. The van der Waals surface area contributed by atoms with Crippen molar-refractivity contribution < 1.29 is 19.0 Å². The molecule has 0 aliphatic carbocycles. The van der Waals surface area contributed by atoms with Crippen molar-refractivity contribution in [1.82, 2.24) is 4.90 Å². The Morgan fingerprint density at radius 2 is 1.86 bits per heavy atom. The fourth-order valence-corrected chi connectivity index (χ4v) is 2.43. The zero-order chi connectivity index (χ0) is 16.2. The van der Waals surface area contributed by atoms with Gasteiger partial charge in [0.15, 0.2) is 0 Å². The van der Waals surface area contributed by atoms with Crippen molar-refractivity contribution in [1.29, 1.82) is 0 Å². The maximum absolute atomic E-state index is 12.2. The van der Waals surface area contributed by atoms with Crippen LogP contribution in [-0.4, -0.2) is 42.9 Å². The van der Waals surface area contributed by atoms with E-state index in [0.29, 0.717) is 6.61 Å². The Morgan fingerprint density at radius 1 is 1.23 bits per heavy atom. The van der Waals surface area contributed by atoms with E-state index in [0.717, 1.165) is 30.9 Å². The van der Waals surface area contributed by atoms with Crippen LogP contribution in [0.25, 0.3) is 0 Å². The van der Waals surface area contributed by atoms with Gasteiger partial charge >= 0.3 is 6.09 Å². The molecule has 1 aliphatic heterocycles. The van der Waals surface area contributed by atoms with E-state index < -0.39 is 5.60 Å². The third-order valence-electron chi connectivity index (χ3n) is 3.51. The molecule has 0 spiro atoms. The Morgan fingerprint density at radius 3 is 2.45 bits per heavy atom. The van der Waals surface area contributed by atoms with Crippen molar-refractivity contribution in [2.24, 2.45) is 0 Å². The van der Waals surface area contributed by atoms with Gasteiger partial charge in [-0.3, -0.25) is 0 Å². The summed E-state index contributed by atoms with van der Waals surface area (Å²) >= 11 is 0. The molecular weight excluding hydrogens is 282 g/mol. The predicted octanol–water partition coefficient (Wildman–Crippen LogP) is 3.47. The van der Waals surface area contributed by atoms with Crippen molar-refractivity contribution in [2.45, 2.75) is 45.3 Å². The van der Waals surface area contributed by atoms with Crippen LogP contribution in [-0.2, 0) is 4.74 Å². The number of hydrogen-bond donors (Lipinski definition) is 0. The number of amides is 1. The third-order valence-corrected chi connectivity index (χ3v) is 3.51. The van der Waals surface area contributed by atoms with Gasteiger partial charge < -0.3 is 19.1 Å². The van der Waals surface area contributed by atoms with Gasteiger partial charge in [0, 0.05) is 6.54 Å². The second kappa shape index (κ2) is 6.90. The highest BCUT2D eigenvalue weighted by Crippen LogP contribution is 2.23. The van der Waals surface area contributed by atoms with E-state index in [1.165, 1.54) is 0 Å². The fourth-order valence-electron chi connectivity index (χ4n) is 2.43. The molecule has 2 rings (SSSR count). The monoisotopic (exact) mass is 307 g/mol. The summed E-state index contributed by atoms with van der Waals surface area (Å²) < 4.78 is 16.4. The van der Waals surface area contributed by atoms with Crippen LogP contribution in [0.15, 0.2) is 24.3 Å². The van der Waals surface area contributed by atoms with Crippen LogP contribution in [0, 0.1) is 0 Å². The molecule has 1 heterocycles. The molecule has 1 amide bonds. The molecule has 0 aromatic heterocycles. The normalized spacial score (nSPS) is 18.2. The Hall–Kier alpha value is -1.91. The highest BCUT2D eigenvalue weighted by molar-refractivity contribution is 5.69. The summed E-state index contributed by atoms with van der Waals surface area (Å²) in [6.45, 7) is 6.84. The summed E-state index contributed by atoms with van der Waals surface area (Å²) in [4.78, 5) is 14.0. The Balaban J connectivity index is 1.89. The molecule has 5 nitrogen and oxygen atoms in total. The lowest BCUT2D eigenvalue weighted by molar-refractivity contribution is 0.0187. The van der Waals surface area contributed by atoms with Crippen LogP contribution < -0.4 is 9.47 Å². The smallest absolute Gasteiger partial charge is 0.410 e. The number of carbonyl (C=O) groups is 1. The van der Waals surface area contributed by atoms with Crippen LogP contribution in [0.5, 0.6) is 11.5 Å². The molecule has 0 radical (unpaired) electrons. The summed E-state index contributed by atoms with van der Waals surface area (Å²) in [5.74, 6) is 1.57. The second-order valence-electron chi connectivity index (χ2n) is 6.46. The van der Waals surface area contributed by atoms with Crippen LogP contribution in [0.3, 0.4) is 0 Å². The third kappa shape index (κ3) is 4.55. The van der Waals surface area contributed by atoms with Gasteiger partial charge in [-0.25, -0.2) is 4.79 Å². The van der Waals surface area contributed by atoms with Gasteiger partial charge in [-0.15, -0.1) is 0 Å². The quantitative estimate of drug-likeness (QED) is 0.854. The summed E-state index contributed by atoms with van der Waals surface area (Å²) in [7, 11) is 1.63. The van der Waals surface area contributed by atoms with E-state index >= 15 is 0 Å². The van der Waals surface area contributed by atoms with Gasteiger partial charge in [0.1, 0.15) is 23.7 Å². The number of methoxy groups -OCH3 is 1. The Bertz CT molecular complexity index is 492. The molecule has 5 heteroatoms. The molecule has 1 fully saturated rings. The second-order valence-corrected chi connectivity index (χ2v) is 6.46. The highest BCUT2D eigenvalue weighted by Gasteiger charge is 2.32. The lowest BCUT2D eigenvalue weighted by atomic mass is 10.2. The zero-order valence-electron chi connectivity index (χ0n) is 13.8. The fraction of sp³-hybridized carbons (Fsp3) is 0.588. The molecule has 22 heavy (non-hydrogen) atoms. The molecule has 1 aromatic carbocycles. The van der Waals surface area contributed by atoms with Gasteiger partial charge in [-0.05, 0) is 57.9 Å². The first-order valence-corrected chi connectivity index (χ1v) is 7.65. The van der Waals surface area contributed by atoms with Crippen LogP contribution in [0.2, 0.25) is 0 Å². The lowest BCUT2D eigenvalue weighted by Gasteiger charge is -2.28. The van der Waals surface area contributed by atoms with E-state index in [1.54, 1.807) is 12.0 Å². The van der Waals surface area contributed by atoms with Crippen molar-refractivity contribution >= 4 is 6.09 Å². The number of likely N-dealkylation sites (tertiary alicyclic amines) is 1. The standard InChI is InChI=1S/C17H25NO4/c1-17(2,3)22-16(19)18-11-5-6-13(18)12-21-15-9-7-14(20-4)8-10-15/h7-10,13H,5-6,11-12H2,1-4H3/t13-/m0/s1. The molecule has 0 bridgehead atoms. The molecular formula is C17H25NO4. The summed E-state index contributed by atoms with van der Waals surface area (Å²) in [6, 6.07) is 7.51.